The number of carbonyl (C=O) groups is 4. The van der Waals surface area contributed by atoms with Crippen LogP contribution in [0.1, 0.15) is 136 Å². The summed E-state index contributed by atoms with van der Waals surface area (Å²) in [5.74, 6) is 1.00. The van der Waals surface area contributed by atoms with Crippen molar-refractivity contribution in [3.8, 4) is 23.1 Å². The third kappa shape index (κ3) is 102. The number of fused-ring (bicyclic) bond motifs is 1. The summed E-state index contributed by atoms with van der Waals surface area (Å²) >= 11 is 0. The van der Waals surface area contributed by atoms with Crippen LogP contribution < -0.4 is 18.9 Å². The molecule has 28 radical (unpaired) electrons. The number of ether oxygens (including phenoxy) is 4. The van der Waals surface area contributed by atoms with Crippen LogP contribution in [0, 0.1) is 123 Å². The largest absolute Gasteiger partial charge is 0.473 e. The predicted molar refractivity (Wildman–Crippen MR) is 414 cm³/mol. The van der Waals surface area contributed by atoms with E-state index in [4.69, 9.17) is 18.9 Å². The summed E-state index contributed by atoms with van der Waals surface area (Å²) < 4.78 is 23.8. The quantitative estimate of drug-likeness (QED) is 0.0427. The van der Waals surface area contributed by atoms with Gasteiger partial charge in [-0.2, -0.15) is 0 Å². The Kier molecular flexibility index (Phi) is 321. The number of aromatic nitrogens is 2. The van der Waals surface area contributed by atoms with Crippen molar-refractivity contribution < 1.29 is 954 Å². The third-order valence-corrected chi connectivity index (χ3v) is 12.6. The van der Waals surface area contributed by atoms with Crippen LogP contribution >= 0.6 is 0 Å². The molecule has 9 aromatic carbocycles. The second kappa shape index (κ2) is 157. The van der Waals surface area contributed by atoms with Gasteiger partial charge in [0.05, 0.1) is 23.6 Å². The molecule has 0 aliphatic rings. The van der Waals surface area contributed by atoms with Gasteiger partial charge in [0, 0.05) is 928 Å². The van der Waals surface area contributed by atoms with E-state index in [-0.39, 0.29) is 1050 Å². The number of rotatable bonds is 15. The molecule has 0 amide bonds. The van der Waals surface area contributed by atoms with Gasteiger partial charge in [-0.1, -0.05) is 179 Å². The smallest absolute Gasteiger partial charge is 0.347 e. The number of hydrogen-bond donors (Lipinski definition) is 0. The van der Waals surface area contributed by atoms with E-state index in [2.05, 4.69) is 91.7 Å². The fraction of sp³-hybridized carbons (Fsp3) is 0.163. The van der Waals surface area contributed by atoms with E-state index in [0.717, 1.165) is 40.6 Å². The second-order valence-corrected chi connectivity index (χ2v) is 19.4. The molecule has 0 aliphatic carbocycles. The molecule has 0 atom stereocenters. The molecule has 10 nitrogen and oxygen atoms in total. The second-order valence-electron chi connectivity index (χ2n) is 19.4. The van der Waals surface area contributed by atoms with Crippen molar-refractivity contribution in [1.82, 2.24) is 9.78 Å². The minimum Gasteiger partial charge on any atom is -0.473 e. The van der Waals surface area contributed by atoms with Gasteiger partial charge in [0.1, 0.15) is 22.8 Å². The molecule has 1 heterocycles. The van der Waals surface area contributed by atoms with E-state index in [9.17, 15) is 19.2 Å². The Morgan fingerprint density at radius 1 is 0.363 bits per heavy atom. The van der Waals surface area contributed by atoms with E-state index in [0.29, 0.717) is 35.3 Å². The number of esters is 3. The number of hydrogen-bond acceptors (Lipinski definition) is 9. The molecule has 10 aromatic rings. The van der Waals surface area contributed by atoms with Gasteiger partial charge in [-0.25, -0.2) is 4.79 Å². The Morgan fingerprint density at radius 3 is 1.04 bits per heavy atom. The number of carbonyl (C=O) groups excluding carboxylic acids is 4. The summed E-state index contributed by atoms with van der Waals surface area (Å²) in [6.07, 6.45) is 1.61. The van der Waals surface area contributed by atoms with Gasteiger partial charge in [0.2, 0.25) is 5.88 Å². The van der Waals surface area contributed by atoms with Gasteiger partial charge in [-0.05, 0) is 116 Å². The summed E-state index contributed by atoms with van der Waals surface area (Å²) in [5.41, 5.74) is 9.76. The van der Waals surface area contributed by atoms with Crippen LogP contribution in [0.15, 0.2) is 224 Å². The van der Waals surface area contributed by atoms with Gasteiger partial charge in [0.15, 0.2) is 5.78 Å². The van der Waals surface area contributed by atoms with Crippen molar-refractivity contribution in [2.45, 2.75) is 93.7 Å². The monoisotopic (exact) mass is 3790 g/mol. The van der Waals surface area contributed by atoms with Crippen LogP contribution in [0.2, 0.25) is 0 Å². The molecule has 1 aromatic heterocycles. The Balaban J connectivity index is -0.0000000220. The average molecular weight is 3790 g/mol. The topological polar surface area (TPSA) is 123 Å². The summed E-state index contributed by atoms with van der Waals surface area (Å²) in [6.45, 7) is 18.8. The first kappa shape index (κ1) is 253. The fourth-order valence-corrected chi connectivity index (χ4v) is 8.34. The van der Waals surface area contributed by atoms with Crippen molar-refractivity contribution >= 4 is 34.6 Å². The van der Waals surface area contributed by atoms with Crippen molar-refractivity contribution in [2.75, 3.05) is 0 Å². The van der Waals surface area contributed by atoms with E-state index in [1.165, 1.54) is 22.3 Å². The standard InChI is InChI=1S/C21H15O4.C19H22O.C17H18N2O.C14H11O2.C2H6.13CH3.28Y/c1-15-9-5-7-13-18(15)24-21(23)17-12-6-8-14-19(17)25-20(22)16-10-3-2-4-11-16;1-4-19(20)17-11-10-16(18(13-17)14(2)3)12-15-8-6-5-7-9-15;1-13(2)20-17-15-10-6-7-11-16(15)19(18-17)12-14-8-4-3-5-9-14;1-11-7-5-6-10-13(11)16-14(15)12-8-3-2-4-9-12;1-2;;;;;;;;;;;;;;;;;;;;;;;;;;;;;;;;;;;;;;;;;/h2-10,12-14H,1H3;5-11,13-14H,4,12H2,1-3H3;3-11,13H,12H2,1-2H3;2-8,10H,1H3;1-2H3;13*1H3;;;;;;;;;;;;;;;;;;;;;;;;;;;;/q-1;;;-1;;13*-1;;;;;;;;;;;;;;;;;;;;;;;;;;;;. The van der Waals surface area contributed by atoms with E-state index in [1.807, 2.05) is 132 Å². The number of aryl methyl sites for hydroxylation is 2. The van der Waals surface area contributed by atoms with Crippen LogP contribution in [0.25, 0.3) is 10.9 Å². The summed E-state index contributed by atoms with van der Waals surface area (Å²) in [7, 11) is 0. The first-order valence-corrected chi connectivity index (χ1v) is 27.9. The molecule has 0 spiro atoms. The van der Waals surface area contributed by atoms with Gasteiger partial charge in [0.25, 0.3) is 11.9 Å². The molecule has 612 valence electrons. The maximum absolute atomic E-state index is 12.5. The molecule has 10 rings (SSSR count). The van der Waals surface area contributed by atoms with Crippen molar-refractivity contribution in [1.29, 1.82) is 0 Å². The molecule has 0 saturated carbocycles. The van der Waals surface area contributed by atoms with Crippen LogP contribution in [0.5, 0.6) is 23.1 Å². The predicted octanol–water partition coefficient (Wildman–Crippen LogP) is 22.9. The summed E-state index contributed by atoms with van der Waals surface area (Å²) in [5, 5.41) is 5.69. The van der Waals surface area contributed by atoms with E-state index >= 15 is 0 Å². The molecular weight excluding hydrogens is 3680 g/mol. The molecule has 38 heteroatoms. The molecule has 0 aliphatic heterocycles. The van der Waals surface area contributed by atoms with Gasteiger partial charge in [-0.15, -0.1) is 65.8 Å². The SMILES string of the molecule is CC.CC(C)Oc1nn(Cc2ccccc2)c2ccccc12.CCC(=O)c1ccc(Cc2ccccc2)c(C(C)C)c1.Cc1ccccc1OC(=O)c1[c-]cccc1.Cc1ccccc1OC(=O)c1ccccc1OC(=O)c1[c-]cccc1.[CH3-].[CH3-].[CH3-].[CH3-].[CH3-].[CH3-].[CH3-].[CH3-].[CH3-].[CH3-].[CH3-].[CH3-].[CH3-].[Y].[Y].[Y].[Y].[Y].[Y].[Y].[Y].[Y].[Y].[Y].[Y].[Y].[Y].[Y].[Y].[Y].[Y].[Y].[Y].[Y].[Y].[Y].[Y].[Y].[Y].[Y].[Y]. The third-order valence-electron chi connectivity index (χ3n) is 12.6. The van der Waals surface area contributed by atoms with Crippen LogP contribution in [-0.2, 0) is 929 Å². The first-order valence-electron chi connectivity index (χ1n) is 27.9. The Bertz CT molecular complexity index is 3730. The van der Waals surface area contributed by atoms with Crippen LogP contribution in [-0.4, -0.2) is 39.6 Å². The van der Waals surface area contributed by atoms with Crippen molar-refractivity contribution in [2.24, 2.45) is 0 Å². The summed E-state index contributed by atoms with van der Waals surface area (Å²) in [4.78, 5) is 48.3. The maximum Gasteiger partial charge on any atom is 0.347 e. The minimum atomic E-state index is -0.588. The molecule has 0 N–H and O–H groups in total. The van der Waals surface area contributed by atoms with Gasteiger partial charge >= 0.3 is 5.97 Å². The molecule has 124 heavy (non-hydrogen) atoms. The molecule has 0 unspecified atom stereocenters. The number of Topliss-reactive ketones (excluding diaryl/α,β-unsaturated/α-hetero) is 1. The van der Waals surface area contributed by atoms with Crippen LogP contribution in [0.4, 0.5) is 0 Å². The van der Waals surface area contributed by atoms with Crippen molar-refractivity contribution in [3.63, 3.8) is 0 Å². The Labute approximate surface area is 1460 Å². The van der Waals surface area contributed by atoms with Gasteiger partial charge < -0.3 is 125 Å². The zero-order valence-electron chi connectivity index (χ0n) is 78.0. The molecule has 0 saturated heterocycles. The average Bonchev–Trinajstić information content (AvgIpc) is 1.64. The number of benzene rings is 9. The molecule has 0 fully saturated rings. The zero-order valence-corrected chi connectivity index (χ0v) is 157. The summed E-state index contributed by atoms with van der Waals surface area (Å²) in [6, 6.07) is 75.5. The minimum absolute atomic E-state index is 0. The number of nitrogens with zero attached hydrogens (tertiary/aromatic N) is 2. The van der Waals surface area contributed by atoms with Crippen molar-refractivity contribution in [3.05, 3.63) is 389 Å². The number of para-hydroxylation sites is 4. The Hall–Kier alpha value is 21.2. The first-order chi connectivity index (χ1) is 40.3. The normalized spacial score (nSPS) is 6.90. The van der Waals surface area contributed by atoms with Crippen LogP contribution in [0.3, 0.4) is 0 Å². The molecule has 0 bridgehead atoms. The molecular formula is C86H111N2O8Y28-15. The zero-order chi connectivity index (χ0) is 59.5. The number of ketones is 1. The van der Waals surface area contributed by atoms with E-state index in [1.54, 1.807) is 84.9 Å². The fourth-order valence-electron chi connectivity index (χ4n) is 8.34. The van der Waals surface area contributed by atoms with E-state index < -0.39 is 11.9 Å². The Morgan fingerprint density at radius 2 is 0.685 bits per heavy atom. The maximum atomic E-state index is 12.5. The van der Waals surface area contributed by atoms with Gasteiger partial charge in [-0.3, -0.25) is 9.48 Å².